The number of carbonyl (C=O) groups is 1. The number of rotatable bonds is 4. The van der Waals surface area contributed by atoms with E-state index in [1.165, 1.54) is 12.3 Å². The Kier molecular flexibility index (Phi) is 3.69. The highest BCUT2D eigenvalue weighted by Gasteiger charge is 2.28. The van der Waals surface area contributed by atoms with E-state index in [1.807, 2.05) is 6.92 Å². The minimum Gasteiger partial charge on any atom is -0.348 e. The second-order valence-electron chi connectivity index (χ2n) is 5.14. The van der Waals surface area contributed by atoms with Crippen LogP contribution in [0.25, 0.3) is 0 Å². The summed E-state index contributed by atoms with van der Waals surface area (Å²) in [7, 11) is -3.78. The van der Waals surface area contributed by atoms with Crippen molar-refractivity contribution in [2.75, 3.05) is 0 Å². The molecule has 1 aromatic rings. The van der Waals surface area contributed by atoms with Gasteiger partial charge in [-0.25, -0.2) is 13.6 Å². The third-order valence-corrected chi connectivity index (χ3v) is 4.36. The van der Waals surface area contributed by atoms with E-state index in [2.05, 4.69) is 12.2 Å². The standard InChI is InChI=1S/C12H19N3O3S/c1-3-15-7-10(19(13,17)18)6-11(15)12(16)14-9-4-8(2)5-9/h6-9H,3-5H2,1-2H3,(H,14,16)(H2,13,17,18). The van der Waals surface area contributed by atoms with E-state index in [1.54, 1.807) is 4.57 Å². The first kappa shape index (κ1) is 14.1. The van der Waals surface area contributed by atoms with Crippen molar-refractivity contribution >= 4 is 15.9 Å². The third kappa shape index (κ3) is 2.98. The lowest BCUT2D eigenvalue weighted by Crippen LogP contribution is -2.43. The molecule has 1 saturated carbocycles. The van der Waals surface area contributed by atoms with E-state index in [4.69, 9.17) is 5.14 Å². The number of nitrogens with one attached hydrogen (secondary N) is 1. The largest absolute Gasteiger partial charge is 0.348 e. The van der Waals surface area contributed by atoms with Crippen molar-refractivity contribution in [1.29, 1.82) is 0 Å². The zero-order valence-corrected chi connectivity index (χ0v) is 11.9. The summed E-state index contributed by atoms with van der Waals surface area (Å²) in [5.74, 6) is 0.400. The molecular formula is C12H19N3O3S. The fraction of sp³-hybridized carbons (Fsp3) is 0.583. The molecule has 0 spiro atoms. The number of primary sulfonamides is 1. The molecule has 0 saturated heterocycles. The van der Waals surface area contributed by atoms with Crippen molar-refractivity contribution in [3.05, 3.63) is 18.0 Å². The van der Waals surface area contributed by atoms with Crippen LogP contribution in [0.3, 0.4) is 0 Å². The molecule has 0 aromatic carbocycles. The summed E-state index contributed by atoms with van der Waals surface area (Å²) in [5.41, 5.74) is 0.339. The summed E-state index contributed by atoms with van der Waals surface area (Å²) in [6, 6.07) is 1.52. The Hall–Kier alpha value is -1.34. The van der Waals surface area contributed by atoms with Gasteiger partial charge in [-0.3, -0.25) is 4.79 Å². The molecule has 1 amide bonds. The van der Waals surface area contributed by atoms with Gasteiger partial charge < -0.3 is 9.88 Å². The van der Waals surface area contributed by atoms with Crippen LogP contribution < -0.4 is 10.5 Å². The van der Waals surface area contributed by atoms with Crippen molar-refractivity contribution in [2.45, 2.75) is 44.2 Å². The second-order valence-corrected chi connectivity index (χ2v) is 6.70. The van der Waals surface area contributed by atoms with Crippen LogP contribution in [-0.2, 0) is 16.6 Å². The van der Waals surface area contributed by atoms with Gasteiger partial charge in [0.15, 0.2) is 0 Å². The number of nitrogens with two attached hydrogens (primary N) is 1. The maximum atomic E-state index is 12.1. The van der Waals surface area contributed by atoms with Crippen LogP contribution in [0.4, 0.5) is 0 Å². The van der Waals surface area contributed by atoms with Gasteiger partial charge in [-0.15, -0.1) is 0 Å². The monoisotopic (exact) mass is 285 g/mol. The van der Waals surface area contributed by atoms with Crippen molar-refractivity contribution in [3.63, 3.8) is 0 Å². The Morgan fingerprint density at radius 2 is 2.16 bits per heavy atom. The predicted octanol–water partition coefficient (Wildman–Crippen LogP) is 0.684. The van der Waals surface area contributed by atoms with Gasteiger partial charge in [-0.05, 0) is 31.7 Å². The highest BCUT2D eigenvalue weighted by Crippen LogP contribution is 2.26. The maximum Gasteiger partial charge on any atom is 0.268 e. The number of hydrogen-bond donors (Lipinski definition) is 2. The number of carbonyl (C=O) groups excluding carboxylic acids is 1. The van der Waals surface area contributed by atoms with Crippen LogP contribution in [0.5, 0.6) is 0 Å². The highest BCUT2D eigenvalue weighted by molar-refractivity contribution is 7.89. The molecule has 7 heteroatoms. The van der Waals surface area contributed by atoms with Gasteiger partial charge in [-0.1, -0.05) is 6.92 Å². The van der Waals surface area contributed by atoms with E-state index >= 15 is 0 Å². The minimum atomic E-state index is -3.78. The van der Waals surface area contributed by atoms with Crippen molar-refractivity contribution in [2.24, 2.45) is 11.1 Å². The Balaban J connectivity index is 2.18. The fourth-order valence-electron chi connectivity index (χ4n) is 2.37. The van der Waals surface area contributed by atoms with Gasteiger partial charge in [0.1, 0.15) is 10.6 Å². The van der Waals surface area contributed by atoms with Crippen LogP contribution in [0, 0.1) is 5.92 Å². The number of aromatic nitrogens is 1. The molecule has 1 aliphatic rings. The SMILES string of the molecule is CCn1cc(S(N)(=O)=O)cc1C(=O)NC1CC(C)C1. The lowest BCUT2D eigenvalue weighted by Gasteiger charge is -2.33. The average Bonchev–Trinajstić information content (AvgIpc) is 2.70. The molecule has 6 nitrogen and oxygen atoms in total. The van der Waals surface area contributed by atoms with E-state index in [9.17, 15) is 13.2 Å². The normalized spacial score (nSPS) is 22.9. The lowest BCUT2D eigenvalue weighted by molar-refractivity contribution is 0.0886. The second kappa shape index (κ2) is 4.97. The number of nitrogens with zero attached hydrogens (tertiary/aromatic N) is 1. The Morgan fingerprint density at radius 1 is 1.53 bits per heavy atom. The third-order valence-electron chi connectivity index (χ3n) is 3.48. The molecule has 0 aliphatic heterocycles. The maximum absolute atomic E-state index is 12.1. The molecule has 1 aromatic heterocycles. The first-order chi connectivity index (χ1) is 8.81. The van der Waals surface area contributed by atoms with E-state index in [-0.39, 0.29) is 16.8 Å². The van der Waals surface area contributed by atoms with E-state index < -0.39 is 10.0 Å². The Labute approximate surface area is 113 Å². The molecule has 19 heavy (non-hydrogen) atoms. The first-order valence-electron chi connectivity index (χ1n) is 6.35. The van der Waals surface area contributed by atoms with Gasteiger partial charge >= 0.3 is 0 Å². The molecule has 1 fully saturated rings. The fourth-order valence-corrected chi connectivity index (χ4v) is 2.92. The Morgan fingerprint density at radius 3 is 2.63 bits per heavy atom. The first-order valence-corrected chi connectivity index (χ1v) is 7.89. The topological polar surface area (TPSA) is 94.2 Å². The van der Waals surface area contributed by atoms with Crippen LogP contribution in [0.15, 0.2) is 17.2 Å². The molecule has 0 radical (unpaired) electrons. The zero-order valence-electron chi connectivity index (χ0n) is 11.1. The average molecular weight is 285 g/mol. The van der Waals surface area contributed by atoms with Gasteiger partial charge in [0, 0.05) is 18.8 Å². The van der Waals surface area contributed by atoms with Crippen LogP contribution in [0.2, 0.25) is 0 Å². The molecule has 106 valence electrons. The van der Waals surface area contributed by atoms with E-state index in [0.717, 1.165) is 12.8 Å². The van der Waals surface area contributed by atoms with Crippen molar-refractivity contribution < 1.29 is 13.2 Å². The van der Waals surface area contributed by atoms with E-state index in [0.29, 0.717) is 18.2 Å². The summed E-state index contributed by atoms with van der Waals surface area (Å²) < 4.78 is 24.2. The molecule has 0 unspecified atom stereocenters. The highest BCUT2D eigenvalue weighted by atomic mass is 32.2. The molecule has 0 bridgehead atoms. The van der Waals surface area contributed by atoms with Crippen LogP contribution in [0.1, 0.15) is 37.2 Å². The molecule has 0 atom stereocenters. The van der Waals surface area contributed by atoms with Crippen molar-refractivity contribution in [3.8, 4) is 0 Å². The summed E-state index contributed by atoms with van der Waals surface area (Å²) in [4.78, 5) is 12.1. The summed E-state index contributed by atoms with van der Waals surface area (Å²) in [5, 5.41) is 7.98. The van der Waals surface area contributed by atoms with Crippen molar-refractivity contribution in [1.82, 2.24) is 9.88 Å². The predicted molar refractivity (Wildman–Crippen MR) is 71.1 cm³/mol. The molecule has 1 heterocycles. The summed E-state index contributed by atoms with van der Waals surface area (Å²) in [6.07, 6.45) is 3.34. The molecule has 1 aliphatic carbocycles. The van der Waals surface area contributed by atoms with Gasteiger partial charge in [0.25, 0.3) is 5.91 Å². The summed E-state index contributed by atoms with van der Waals surface area (Å²) in [6.45, 7) is 4.49. The van der Waals surface area contributed by atoms with Crippen LogP contribution in [-0.4, -0.2) is 24.9 Å². The molecule has 2 rings (SSSR count). The van der Waals surface area contributed by atoms with Gasteiger partial charge in [-0.2, -0.15) is 0 Å². The van der Waals surface area contributed by atoms with Crippen LogP contribution >= 0.6 is 0 Å². The Bertz CT molecular complexity index is 585. The zero-order chi connectivity index (χ0) is 14.2. The smallest absolute Gasteiger partial charge is 0.268 e. The van der Waals surface area contributed by atoms with Gasteiger partial charge in [0.05, 0.1) is 0 Å². The quantitative estimate of drug-likeness (QED) is 0.852. The summed E-state index contributed by atoms with van der Waals surface area (Å²) >= 11 is 0. The molecule has 3 N–H and O–H groups in total. The number of sulfonamides is 1. The lowest BCUT2D eigenvalue weighted by atomic mass is 9.82. The number of hydrogen-bond acceptors (Lipinski definition) is 3. The number of amides is 1. The number of aryl methyl sites for hydroxylation is 1. The molecular weight excluding hydrogens is 266 g/mol. The van der Waals surface area contributed by atoms with Gasteiger partial charge in [0.2, 0.25) is 10.0 Å². The minimum absolute atomic E-state index is 0.0264.